The number of carbonyl (C=O) groups excluding carboxylic acids is 2. The second-order valence-electron chi connectivity index (χ2n) is 7.94. The molecule has 0 aromatic heterocycles. The summed E-state index contributed by atoms with van der Waals surface area (Å²) in [6.45, 7) is 2.88. The van der Waals surface area contributed by atoms with Crippen LogP contribution in [-0.4, -0.2) is 23.7 Å². The number of carbonyl (C=O) groups is 2. The highest BCUT2D eigenvalue weighted by atomic mass is 16.5. The maximum atomic E-state index is 12.4. The first-order chi connectivity index (χ1) is 16.5. The molecule has 0 aliphatic heterocycles. The number of ether oxygens (including phenoxy) is 3. The van der Waals surface area contributed by atoms with Crippen molar-refractivity contribution in [3.8, 4) is 23.0 Å². The van der Waals surface area contributed by atoms with E-state index in [4.69, 9.17) is 14.2 Å². The predicted molar refractivity (Wildman–Crippen MR) is 130 cm³/mol. The van der Waals surface area contributed by atoms with Crippen molar-refractivity contribution < 1.29 is 28.9 Å². The Morgan fingerprint density at radius 1 is 0.618 bits per heavy atom. The summed E-state index contributed by atoms with van der Waals surface area (Å²) in [4.78, 5) is 24.6. The first-order valence-corrected chi connectivity index (χ1v) is 11.6. The molecule has 0 aliphatic carbocycles. The molecule has 34 heavy (non-hydrogen) atoms. The van der Waals surface area contributed by atoms with E-state index < -0.39 is 11.9 Å². The smallest absolute Gasteiger partial charge is 0.343 e. The van der Waals surface area contributed by atoms with E-state index in [2.05, 4.69) is 6.92 Å². The van der Waals surface area contributed by atoms with Gasteiger partial charge in [0.15, 0.2) is 0 Å². The molecule has 0 atom stereocenters. The Morgan fingerprint density at radius 2 is 1.06 bits per heavy atom. The van der Waals surface area contributed by atoms with Gasteiger partial charge in [-0.15, -0.1) is 0 Å². The lowest BCUT2D eigenvalue weighted by Gasteiger charge is -2.08. The zero-order chi connectivity index (χ0) is 24.2. The second kappa shape index (κ2) is 13.0. The lowest BCUT2D eigenvalue weighted by molar-refractivity contribution is 0.0730. The van der Waals surface area contributed by atoms with Crippen molar-refractivity contribution >= 4 is 11.9 Å². The molecule has 3 aromatic rings. The normalized spacial score (nSPS) is 10.5. The molecule has 3 rings (SSSR count). The number of aromatic hydroxyl groups is 1. The van der Waals surface area contributed by atoms with Crippen molar-refractivity contribution in [1.82, 2.24) is 0 Å². The Labute approximate surface area is 200 Å². The van der Waals surface area contributed by atoms with Gasteiger partial charge < -0.3 is 19.3 Å². The summed E-state index contributed by atoms with van der Waals surface area (Å²) >= 11 is 0. The predicted octanol–water partition coefficient (Wildman–Crippen LogP) is 6.57. The maximum Gasteiger partial charge on any atom is 0.343 e. The average Bonchev–Trinajstić information content (AvgIpc) is 2.85. The summed E-state index contributed by atoms with van der Waals surface area (Å²) in [7, 11) is 0. The number of esters is 2. The van der Waals surface area contributed by atoms with Crippen LogP contribution in [0.25, 0.3) is 0 Å². The molecule has 1 N–H and O–H groups in total. The molecular formula is C28H30O6. The number of phenolic OH excluding ortho intramolecular Hbond substituents is 1. The topological polar surface area (TPSA) is 82.1 Å². The Morgan fingerprint density at radius 3 is 1.62 bits per heavy atom. The lowest BCUT2D eigenvalue weighted by atomic mass is 10.1. The molecule has 0 fully saturated rings. The zero-order valence-electron chi connectivity index (χ0n) is 19.4. The summed E-state index contributed by atoms with van der Waals surface area (Å²) in [5.74, 6) is 0.440. The molecule has 6 nitrogen and oxygen atoms in total. The molecule has 0 amide bonds. The Balaban J connectivity index is 1.44. The van der Waals surface area contributed by atoms with Gasteiger partial charge in [-0.2, -0.15) is 0 Å². The van der Waals surface area contributed by atoms with Gasteiger partial charge in [0.05, 0.1) is 17.7 Å². The van der Waals surface area contributed by atoms with Crippen LogP contribution in [-0.2, 0) is 0 Å². The molecule has 0 bridgehead atoms. The van der Waals surface area contributed by atoms with Crippen molar-refractivity contribution in [3.63, 3.8) is 0 Å². The van der Waals surface area contributed by atoms with Gasteiger partial charge in [-0.05, 0) is 79.2 Å². The fourth-order valence-electron chi connectivity index (χ4n) is 3.26. The molecule has 0 heterocycles. The Hall–Kier alpha value is -3.80. The number of hydrogen-bond donors (Lipinski definition) is 1. The van der Waals surface area contributed by atoms with Crippen LogP contribution in [0.5, 0.6) is 23.0 Å². The summed E-state index contributed by atoms with van der Waals surface area (Å²) in [6.07, 6.45) is 7.26. The molecule has 0 aliphatic rings. The monoisotopic (exact) mass is 462 g/mol. The SMILES string of the molecule is CCCCCCCCOc1ccc(OC(=O)c2ccc(OC(=O)c3ccc(O)cc3)cc2)cc1. The number of rotatable bonds is 12. The highest BCUT2D eigenvalue weighted by molar-refractivity contribution is 5.92. The fourth-order valence-corrected chi connectivity index (χ4v) is 3.26. The summed E-state index contributed by atoms with van der Waals surface area (Å²) in [5, 5.41) is 9.30. The molecule has 0 saturated heterocycles. The zero-order valence-corrected chi connectivity index (χ0v) is 19.4. The van der Waals surface area contributed by atoms with E-state index in [-0.39, 0.29) is 5.75 Å². The fraction of sp³-hybridized carbons (Fsp3) is 0.286. The second-order valence-corrected chi connectivity index (χ2v) is 7.94. The first kappa shape index (κ1) is 24.8. The minimum Gasteiger partial charge on any atom is -0.508 e. The van der Waals surface area contributed by atoms with Gasteiger partial charge >= 0.3 is 11.9 Å². The number of benzene rings is 3. The molecule has 6 heteroatoms. The highest BCUT2D eigenvalue weighted by Crippen LogP contribution is 2.21. The van der Waals surface area contributed by atoms with Gasteiger partial charge in [-0.25, -0.2) is 9.59 Å². The van der Waals surface area contributed by atoms with Crippen LogP contribution in [0.1, 0.15) is 66.2 Å². The standard InChI is InChI=1S/C28H30O6/c1-2-3-4-5-6-7-20-32-24-16-18-26(19-17-24)34-28(31)22-10-14-25(15-11-22)33-27(30)21-8-12-23(29)13-9-21/h8-19,29H,2-7,20H2,1H3. The van der Waals surface area contributed by atoms with Gasteiger partial charge in [0, 0.05) is 0 Å². The maximum absolute atomic E-state index is 12.4. The Bertz CT molecular complexity index is 1040. The van der Waals surface area contributed by atoms with Gasteiger partial charge in [0.25, 0.3) is 0 Å². The minimum atomic E-state index is -0.561. The third kappa shape index (κ3) is 7.96. The van der Waals surface area contributed by atoms with E-state index in [1.807, 2.05) is 0 Å². The highest BCUT2D eigenvalue weighted by Gasteiger charge is 2.12. The van der Waals surface area contributed by atoms with Gasteiger partial charge in [-0.1, -0.05) is 39.0 Å². The summed E-state index contributed by atoms with van der Waals surface area (Å²) in [6, 6.07) is 18.8. The molecule has 0 radical (unpaired) electrons. The Kier molecular flexibility index (Phi) is 9.52. The van der Waals surface area contributed by atoms with E-state index in [1.165, 1.54) is 80.6 Å². The van der Waals surface area contributed by atoms with Crippen molar-refractivity contribution in [2.45, 2.75) is 45.4 Å². The van der Waals surface area contributed by atoms with Crippen molar-refractivity contribution in [2.24, 2.45) is 0 Å². The number of hydrogen-bond acceptors (Lipinski definition) is 6. The molecule has 0 unspecified atom stereocenters. The van der Waals surface area contributed by atoms with E-state index >= 15 is 0 Å². The first-order valence-electron chi connectivity index (χ1n) is 11.6. The summed E-state index contributed by atoms with van der Waals surface area (Å²) in [5.41, 5.74) is 0.633. The molecule has 178 valence electrons. The van der Waals surface area contributed by atoms with E-state index in [0.717, 1.165) is 12.2 Å². The van der Waals surface area contributed by atoms with Gasteiger partial charge in [0.1, 0.15) is 23.0 Å². The van der Waals surface area contributed by atoms with Crippen LogP contribution in [0.3, 0.4) is 0 Å². The largest absolute Gasteiger partial charge is 0.508 e. The third-order valence-corrected chi connectivity index (χ3v) is 5.20. The van der Waals surface area contributed by atoms with Crippen LogP contribution >= 0.6 is 0 Å². The molecule has 3 aromatic carbocycles. The van der Waals surface area contributed by atoms with E-state index in [9.17, 15) is 14.7 Å². The average molecular weight is 463 g/mol. The molecule has 0 saturated carbocycles. The third-order valence-electron chi connectivity index (χ3n) is 5.20. The lowest BCUT2D eigenvalue weighted by Crippen LogP contribution is -2.10. The van der Waals surface area contributed by atoms with E-state index in [1.54, 1.807) is 24.3 Å². The van der Waals surface area contributed by atoms with Crippen LogP contribution < -0.4 is 14.2 Å². The van der Waals surface area contributed by atoms with Crippen molar-refractivity contribution in [3.05, 3.63) is 83.9 Å². The number of phenols is 1. The molecular weight excluding hydrogens is 432 g/mol. The van der Waals surface area contributed by atoms with Crippen LogP contribution in [0.15, 0.2) is 72.8 Å². The van der Waals surface area contributed by atoms with Crippen LogP contribution in [0.2, 0.25) is 0 Å². The quantitative estimate of drug-likeness (QED) is 0.186. The van der Waals surface area contributed by atoms with E-state index in [0.29, 0.717) is 29.2 Å². The van der Waals surface area contributed by atoms with Crippen molar-refractivity contribution in [1.29, 1.82) is 0 Å². The van der Waals surface area contributed by atoms with Crippen molar-refractivity contribution in [2.75, 3.05) is 6.61 Å². The minimum absolute atomic E-state index is 0.0646. The molecule has 0 spiro atoms. The summed E-state index contributed by atoms with van der Waals surface area (Å²) < 4.78 is 16.4. The van der Waals surface area contributed by atoms with Crippen LogP contribution in [0.4, 0.5) is 0 Å². The number of unbranched alkanes of at least 4 members (excludes halogenated alkanes) is 5. The van der Waals surface area contributed by atoms with Crippen LogP contribution in [0, 0.1) is 0 Å². The van der Waals surface area contributed by atoms with Gasteiger partial charge in [-0.3, -0.25) is 0 Å². The van der Waals surface area contributed by atoms with Gasteiger partial charge in [0.2, 0.25) is 0 Å².